The van der Waals surface area contributed by atoms with Crippen molar-refractivity contribution < 1.29 is 13.2 Å². The fraction of sp³-hybridized carbons (Fsp3) is 0.391. The quantitative estimate of drug-likeness (QED) is 0.609. The Labute approximate surface area is 182 Å². The van der Waals surface area contributed by atoms with Gasteiger partial charge < -0.3 is 14.9 Å². The number of nitrogens with zero attached hydrogens (tertiary/aromatic N) is 1. The van der Waals surface area contributed by atoms with Crippen LogP contribution in [0.1, 0.15) is 59.6 Å². The number of hydrogen-bond acceptors (Lipinski definition) is 4. The highest BCUT2D eigenvalue weighted by molar-refractivity contribution is 7.90. The summed E-state index contributed by atoms with van der Waals surface area (Å²) in [6.45, 7) is 9.74. The average molecular weight is 444 g/mol. The number of H-pyrrole nitrogens is 1. The molecule has 0 radical (unpaired) electrons. The number of rotatable bonds is 6. The van der Waals surface area contributed by atoms with Gasteiger partial charge in [-0.25, -0.2) is 8.42 Å². The number of carbonyl (C=O) groups excluding carboxylic acids is 1. The second kappa shape index (κ2) is 8.34. The number of pyridine rings is 1. The lowest BCUT2D eigenvalue weighted by molar-refractivity contribution is 0.0952. The molecule has 8 heteroatoms. The van der Waals surface area contributed by atoms with Crippen LogP contribution in [0, 0.1) is 13.8 Å². The highest BCUT2D eigenvalue weighted by atomic mass is 32.2. The van der Waals surface area contributed by atoms with Crippen LogP contribution in [0.25, 0.3) is 10.9 Å². The lowest BCUT2D eigenvalue weighted by Gasteiger charge is -2.13. The Morgan fingerprint density at radius 3 is 2.45 bits per heavy atom. The van der Waals surface area contributed by atoms with Crippen LogP contribution in [0.4, 0.5) is 0 Å². The summed E-state index contributed by atoms with van der Waals surface area (Å²) >= 11 is 0. The molecule has 1 amide bonds. The van der Waals surface area contributed by atoms with E-state index in [1.165, 1.54) is 6.07 Å². The van der Waals surface area contributed by atoms with Crippen LogP contribution in [0.15, 0.2) is 34.1 Å². The van der Waals surface area contributed by atoms with Gasteiger partial charge in [-0.05, 0) is 63.4 Å². The third-order valence-electron chi connectivity index (χ3n) is 5.50. The number of carbonyl (C=O) groups is 1. The SMILES string of the molecule is CCc1cc(C)[nH]c(=O)c1CNC(=O)c1cc(S(C)(=O)=O)cc2c1c(C)cn2C(C)C. The molecular formula is C23H29N3O4S. The molecule has 7 nitrogen and oxygen atoms in total. The molecule has 2 aromatic heterocycles. The van der Waals surface area contributed by atoms with Crippen molar-refractivity contribution >= 4 is 26.6 Å². The van der Waals surface area contributed by atoms with Gasteiger partial charge in [0.15, 0.2) is 9.84 Å². The summed E-state index contributed by atoms with van der Waals surface area (Å²) in [7, 11) is -3.52. The predicted octanol–water partition coefficient (Wildman–Crippen LogP) is 3.42. The lowest BCUT2D eigenvalue weighted by Crippen LogP contribution is -2.28. The van der Waals surface area contributed by atoms with Crippen LogP contribution in [0.5, 0.6) is 0 Å². The number of aromatic amines is 1. The normalized spacial score (nSPS) is 12.0. The Hall–Kier alpha value is -2.87. The number of nitrogens with one attached hydrogen (secondary N) is 2. The third-order valence-corrected chi connectivity index (χ3v) is 6.59. The minimum Gasteiger partial charge on any atom is -0.348 e. The van der Waals surface area contributed by atoms with Gasteiger partial charge in [0, 0.05) is 41.7 Å². The fourth-order valence-corrected chi connectivity index (χ4v) is 4.60. The lowest BCUT2D eigenvalue weighted by atomic mass is 10.0. The van der Waals surface area contributed by atoms with Crippen molar-refractivity contribution in [3.63, 3.8) is 0 Å². The second-order valence-electron chi connectivity index (χ2n) is 8.27. The second-order valence-corrected chi connectivity index (χ2v) is 10.3. The molecule has 0 aliphatic heterocycles. The maximum Gasteiger partial charge on any atom is 0.253 e. The molecule has 1 aromatic carbocycles. The largest absolute Gasteiger partial charge is 0.348 e. The minimum absolute atomic E-state index is 0.0617. The molecule has 0 aliphatic rings. The van der Waals surface area contributed by atoms with Crippen LogP contribution >= 0.6 is 0 Å². The summed E-state index contributed by atoms with van der Waals surface area (Å²) < 4.78 is 26.6. The first-order chi connectivity index (χ1) is 14.4. The van der Waals surface area contributed by atoms with E-state index in [9.17, 15) is 18.0 Å². The Kier molecular flexibility index (Phi) is 6.14. The Morgan fingerprint density at radius 1 is 1.19 bits per heavy atom. The monoisotopic (exact) mass is 443 g/mol. The summed E-state index contributed by atoms with van der Waals surface area (Å²) in [5, 5.41) is 3.54. The molecule has 0 spiro atoms. The zero-order valence-corrected chi connectivity index (χ0v) is 19.6. The van der Waals surface area contributed by atoms with Crippen molar-refractivity contribution in [2.24, 2.45) is 0 Å². The number of sulfone groups is 1. The van der Waals surface area contributed by atoms with Crippen LogP contribution in [-0.2, 0) is 22.8 Å². The van der Waals surface area contributed by atoms with Crippen LogP contribution in [-0.4, -0.2) is 30.1 Å². The highest BCUT2D eigenvalue weighted by Crippen LogP contribution is 2.30. The Balaban J connectivity index is 2.10. The van der Waals surface area contributed by atoms with Crippen molar-refractivity contribution in [3.8, 4) is 0 Å². The fourth-order valence-electron chi connectivity index (χ4n) is 3.94. The molecule has 2 N–H and O–H groups in total. The van der Waals surface area contributed by atoms with E-state index in [1.807, 2.05) is 51.4 Å². The van der Waals surface area contributed by atoms with E-state index >= 15 is 0 Å². The van der Waals surface area contributed by atoms with E-state index in [2.05, 4.69) is 10.3 Å². The van der Waals surface area contributed by atoms with Gasteiger partial charge in [0.05, 0.1) is 16.0 Å². The number of aromatic nitrogens is 2. The van der Waals surface area contributed by atoms with Crippen molar-refractivity contribution in [2.75, 3.05) is 6.26 Å². The van der Waals surface area contributed by atoms with E-state index in [1.54, 1.807) is 6.07 Å². The van der Waals surface area contributed by atoms with Gasteiger partial charge >= 0.3 is 0 Å². The summed E-state index contributed by atoms with van der Waals surface area (Å²) in [6.07, 6.45) is 3.73. The maximum absolute atomic E-state index is 13.2. The average Bonchev–Trinajstić information content (AvgIpc) is 3.02. The van der Waals surface area contributed by atoms with Gasteiger partial charge in [0.1, 0.15) is 0 Å². The molecule has 166 valence electrons. The van der Waals surface area contributed by atoms with Gasteiger partial charge in [-0.15, -0.1) is 0 Å². The minimum atomic E-state index is -3.52. The maximum atomic E-state index is 13.2. The molecular weight excluding hydrogens is 414 g/mol. The van der Waals surface area contributed by atoms with Gasteiger partial charge in [-0.1, -0.05) is 6.92 Å². The topological polar surface area (TPSA) is 101 Å². The van der Waals surface area contributed by atoms with E-state index < -0.39 is 15.7 Å². The predicted molar refractivity (Wildman–Crippen MR) is 123 cm³/mol. The molecule has 0 bridgehead atoms. The van der Waals surface area contributed by atoms with Crippen molar-refractivity contribution in [2.45, 2.75) is 58.5 Å². The highest BCUT2D eigenvalue weighted by Gasteiger charge is 2.21. The number of aryl methyl sites for hydroxylation is 3. The van der Waals surface area contributed by atoms with Crippen LogP contribution < -0.4 is 10.9 Å². The first-order valence-corrected chi connectivity index (χ1v) is 12.2. The van der Waals surface area contributed by atoms with Gasteiger partial charge in [-0.2, -0.15) is 0 Å². The van der Waals surface area contributed by atoms with Gasteiger partial charge in [0.2, 0.25) is 0 Å². The molecule has 3 rings (SSSR count). The molecule has 0 aliphatic carbocycles. The smallest absolute Gasteiger partial charge is 0.253 e. The van der Waals surface area contributed by atoms with Crippen molar-refractivity contribution in [3.05, 3.63) is 62.7 Å². The van der Waals surface area contributed by atoms with Gasteiger partial charge in [-0.3, -0.25) is 9.59 Å². The standard InChI is InChI=1S/C23H29N3O4S/c1-7-16-8-15(5)25-23(28)19(16)11-24-22(27)18-9-17(31(6,29)30)10-20-21(18)14(4)12-26(20)13(2)3/h8-10,12-13H,7,11H2,1-6H3,(H,24,27)(H,25,28). The number of amides is 1. The van der Waals surface area contributed by atoms with Crippen molar-refractivity contribution in [1.29, 1.82) is 0 Å². The Bertz CT molecular complexity index is 1330. The van der Waals surface area contributed by atoms with E-state index in [-0.39, 0.29) is 28.6 Å². The molecule has 0 saturated heterocycles. The summed E-state index contributed by atoms with van der Waals surface area (Å²) in [5.41, 5.74) is 3.79. The van der Waals surface area contributed by atoms with E-state index in [4.69, 9.17) is 0 Å². The molecule has 3 aromatic rings. The number of hydrogen-bond donors (Lipinski definition) is 2. The molecule has 2 heterocycles. The van der Waals surface area contributed by atoms with E-state index in [0.29, 0.717) is 22.9 Å². The summed E-state index contributed by atoms with van der Waals surface area (Å²) in [6, 6.07) is 5.04. The van der Waals surface area contributed by atoms with Crippen LogP contribution in [0.3, 0.4) is 0 Å². The summed E-state index contributed by atoms with van der Waals surface area (Å²) in [4.78, 5) is 28.5. The first-order valence-electron chi connectivity index (χ1n) is 10.3. The van der Waals surface area contributed by atoms with Gasteiger partial charge in [0.25, 0.3) is 11.5 Å². The zero-order valence-electron chi connectivity index (χ0n) is 18.8. The third kappa shape index (κ3) is 4.44. The number of benzene rings is 1. The van der Waals surface area contributed by atoms with Crippen molar-refractivity contribution in [1.82, 2.24) is 14.9 Å². The first kappa shape index (κ1) is 22.8. The number of fused-ring (bicyclic) bond motifs is 1. The molecule has 31 heavy (non-hydrogen) atoms. The zero-order chi connectivity index (χ0) is 23.1. The van der Waals surface area contributed by atoms with E-state index in [0.717, 1.165) is 23.1 Å². The molecule has 0 atom stereocenters. The molecule has 0 saturated carbocycles. The Morgan fingerprint density at radius 2 is 1.87 bits per heavy atom. The van der Waals surface area contributed by atoms with Crippen LogP contribution in [0.2, 0.25) is 0 Å². The summed E-state index contributed by atoms with van der Waals surface area (Å²) in [5.74, 6) is -0.415. The molecule has 0 fully saturated rings. The molecule has 0 unspecified atom stereocenters.